The van der Waals surface area contributed by atoms with Crippen LogP contribution in [0.3, 0.4) is 0 Å². The van der Waals surface area contributed by atoms with Gasteiger partial charge in [-0.05, 0) is 12.1 Å². The van der Waals surface area contributed by atoms with E-state index in [1.54, 1.807) is 6.07 Å². The Balaban J connectivity index is 2.83. The largest absolute Gasteiger partial charge is 0.480 e. The number of halogens is 1. The van der Waals surface area contributed by atoms with E-state index in [-0.39, 0.29) is 5.69 Å². The van der Waals surface area contributed by atoms with Crippen LogP contribution in [0.5, 0.6) is 0 Å². The number of carboxylic acids is 1. The third-order valence-electron chi connectivity index (χ3n) is 2.20. The summed E-state index contributed by atoms with van der Waals surface area (Å²) in [5, 5.41) is 8.55. The molecule has 6 heteroatoms. The summed E-state index contributed by atoms with van der Waals surface area (Å²) in [6.45, 7) is -0.433. The van der Waals surface area contributed by atoms with E-state index in [2.05, 4.69) is 0 Å². The van der Waals surface area contributed by atoms with Crippen molar-refractivity contribution in [2.45, 2.75) is 0 Å². The first-order chi connectivity index (χ1) is 7.93. The first-order valence-electron chi connectivity index (χ1n) is 4.88. The third kappa shape index (κ3) is 3.17. The maximum absolute atomic E-state index is 13.4. The van der Waals surface area contributed by atoms with Crippen LogP contribution in [0.2, 0.25) is 0 Å². The molecule has 17 heavy (non-hydrogen) atoms. The van der Waals surface area contributed by atoms with Gasteiger partial charge in [-0.2, -0.15) is 0 Å². The normalized spacial score (nSPS) is 9.82. The lowest BCUT2D eigenvalue weighted by Gasteiger charge is -2.23. The van der Waals surface area contributed by atoms with Gasteiger partial charge in [0.25, 0.3) is 0 Å². The molecule has 1 aromatic carbocycles. The number of rotatable bonds is 3. The number of para-hydroxylation sites is 1. The van der Waals surface area contributed by atoms with Crippen molar-refractivity contribution in [3.63, 3.8) is 0 Å². The van der Waals surface area contributed by atoms with Crippen LogP contribution < -0.4 is 4.90 Å². The molecule has 2 amide bonds. The van der Waals surface area contributed by atoms with Crippen molar-refractivity contribution in [2.75, 3.05) is 25.5 Å². The Kier molecular flexibility index (Phi) is 4.03. The fourth-order valence-corrected chi connectivity index (χ4v) is 1.35. The van der Waals surface area contributed by atoms with E-state index in [9.17, 15) is 14.0 Å². The molecule has 0 aliphatic rings. The molecule has 0 heterocycles. The number of carboxylic acid groups (broad SMARTS) is 1. The summed E-state index contributed by atoms with van der Waals surface area (Å²) in [6, 6.07) is 5.20. The quantitative estimate of drug-likeness (QED) is 0.868. The van der Waals surface area contributed by atoms with Gasteiger partial charge in [-0.25, -0.2) is 9.18 Å². The SMILES string of the molecule is CN(CC(=O)O)C(=O)N(C)c1ccccc1F. The minimum atomic E-state index is -1.12. The van der Waals surface area contributed by atoms with Crippen LogP contribution in [-0.4, -0.2) is 42.6 Å². The van der Waals surface area contributed by atoms with Crippen LogP contribution in [0.15, 0.2) is 24.3 Å². The van der Waals surface area contributed by atoms with Crippen molar-refractivity contribution >= 4 is 17.7 Å². The minimum Gasteiger partial charge on any atom is -0.480 e. The monoisotopic (exact) mass is 240 g/mol. The second-order valence-electron chi connectivity index (χ2n) is 3.54. The number of hydrogen-bond donors (Lipinski definition) is 1. The molecule has 5 nitrogen and oxygen atoms in total. The Hall–Kier alpha value is -2.11. The van der Waals surface area contributed by atoms with E-state index < -0.39 is 24.4 Å². The van der Waals surface area contributed by atoms with Gasteiger partial charge in [0.1, 0.15) is 12.4 Å². The number of carbonyl (C=O) groups is 2. The molecule has 0 radical (unpaired) electrons. The molecule has 0 spiro atoms. The number of anilines is 1. The van der Waals surface area contributed by atoms with Gasteiger partial charge in [0, 0.05) is 14.1 Å². The molecule has 0 atom stereocenters. The topological polar surface area (TPSA) is 60.9 Å². The molecule has 0 fully saturated rings. The van der Waals surface area contributed by atoms with Crippen LogP contribution in [0.4, 0.5) is 14.9 Å². The van der Waals surface area contributed by atoms with Gasteiger partial charge >= 0.3 is 12.0 Å². The maximum Gasteiger partial charge on any atom is 0.324 e. The second-order valence-corrected chi connectivity index (χ2v) is 3.54. The summed E-state index contributed by atoms with van der Waals surface area (Å²) < 4.78 is 13.4. The molecule has 0 unspecified atom stereocenters. The fraction of sp³-hybridized carbons (Fsp3) is 0.273. The maximum atomic E-state index is 13.4. The highest BCUT2D eigenvalue weighted by Gasteiger charge is 2.19. The van der Waals surface area contributed by atoms with Crippen molar-refractivity contribution in [1.29, 1.82) is 0 Å². The number of nitrogens with zero attached hydrogens (tertiary/aromatic N) is 2. The lowest BCUT2D eigenvalue weighted by atomic mass is 10.3. The highest BCUT2D eigenvalue weighted by molar-refractivity contribution is 5.93. The molecule has 0 saturated heterocycles. The lowest BCUT2D eigenvalue weighted by Crippen LogP contribution is -2.41. The number of hydrogen-bond acceptors (Lipinski definition) is 2. The van der Waals surface area contributed by atoms with Crippen molar-refractivity contribution in [2.24, 2.45) is 0 Å². The predicted molar refractivity (Wildman–Crippen MR) is 60.5 cm³/mol. The van der Waals surface area contributed by atoms with E-state index in [4.69, 9.17) is 5.11 Å². The van der Waals surface area contributed by atoms with E-state index in [0.717, 1.165) is 9.80 Å². The summed E-state index contributed by atoms with van der Waals surface area (Å²) in [6.07, 6.45) is 0. The van der Waals surface area contributed by atoms with Crippen molar-refractivity contribution in [3.8, 4) is 0 Å². The average molecular weight is 240 g/mol. The van der Waals surface area contributed by atoms with E-state index in [0.29, 0.717) is 0 Å². The standard InChI is InChI=1S/C11H13FN2O3/c1-13(7-10(15)16)11(17)14(2)9-6-4-3-5-8(9)12/h3-6H,7H2,1-2H3,(H,15,16). The molecule has 0 aliphatic carbocycles. The van der Waals surface area contributed by atoms with Crippen molar-refractivity contribution in [1.82, 2.24) is 4.90 Å². The summed E-state index contributed by atoms with van der Waals surface area (Å²) in [4.78, 5) is 24.3. The lowest BCUT2D eigenvalue weighted by molar-refractivity contribution is -0.137. The molecule has 0 aliphatic heterocycles. The van der Waals surface area contributed by atoms with E-state index >= 15 is 0 Å². The number of benzene rings is 1. The smallest absolute Gasteiger partial charge is 0.324 e. The number of urea groups is 1. The average Bonchev–Trinajstić information content (AvgIpc) is 2.27. The third-order valence-corrected chi connectivity index (χ3v) is 2.20. The van der Waals surface area contributed by atoms with Crippen LogP contribution in [0.25, 0.3) is 0 Å². The van der Waals surface area contributed by atoms with E-state index in [1.165, 1.54) is 32.3 Å². The second kappa shape index (κ2) is 5.29. The summed E-state index contributed by atoms with van der Waals surface area (Å²) in [5.74, 6) is -1.66. The predicted octanol–water partition coefficient (Wildman–Crippen LogP) is 1.40. The fourth-order valence-electron chi connectivity index (χ4n) is 1.35. The molecular formula is C11H13FN2O3. The number of aliphatic carboxylic acids is 1. The molecule has 0 saturated carbocycles. The highest BCUT2D eigenvalue weighted by Crippen LogP contribution is 2.17. The van der Waals surface area contributed by atoms with Crippen LogP contribution in [0, 0.1) is 5.82 Å². The number of amides is 2. The molecule has 0 aromatic heterocycles. The summed E-state index contributed by atoms with van der Waals surface area (Å²) in [7, 11) is 2.73. The van der Waals surface area contributed by atoms with Gasteiger partial charge in [0.05, 0.1) is 5.69 Å². The molecule has 92 valence electrons. The van der Waals surface area contributed by atoms with E-state index in [1.807, 2.05) is 0 Å². The molecule has 1 N–H and O–H groups in total. The number of likely N-dealkylation sites (N-methyl/N-ethyl adjacent to an activating group) is 1. The van der Waals surface area contributed by atoms with Gasteiger partial charge in [0.2, 0.25) is 0 Å². The molecule has 0 bridgehead atoms. The van der Waals surface area contributed by atoms with Crippen molar-refractivity contribution in [3.05, 3.63) is 30.1 Å². The van der Waals surface area contributed by atoms with Gasteiger partial charge in [-0.3, -0.25) is 9.69 Å². The number of carbonyl (C=O) groups excluding carboxylic acids is 1. The molecule has 1 rings (SSSR count). The first-order valence-corrected chi connectivity index (χ1v) is 4.88. The Morgan fingerprint density at radius 3 is 2.41 bits per heavy atom. The zero-order chi connectivity index (χ0) is 13.0. The van der Waals surface area contributed by atoms with Crippen LogP contribution >= 0.6 is 0 Å². The van der Waals surface area contributed by atoms with Crippen molar-refractivity contribution < 1.29 is 19.1 Å². The molecule has 1 aromatic rings. The molecular weight excluding hydrogens is 227 g/mol. The Morgan fingerprint density at radius 2 is 1.88 bits per heavy atom. The summed E-state index contributed by atoms with van der Waals surface area (Å²) in [5.41, 5.74) is 0.106. The first kappa shape index (κ1) is 13.0. The zero-order valence-corrected chi connectivity index (χ0v) is 9.55. The van der Waals surface area contributed by atoms with Gasteiger partial charge in [0.15, 0.2) is 0 Å². The minimum absolute atomic E-state index is 0.106. The Morgan fingerprint density at radius 1 is 1.29 bits per heavy atom. The summed E-state index contributed by atoms with van der Waals surface area (Å²) >= 11 is 0. The van der Waals surface area contributed by atoms with Gasteiger partial charge < -0.3 is 10.0 Å². The van der Waals surface area contributed by atoms with Gasteiger partial charge in [-0.1, -0.05) is 12.1 Å². The van der Waals surface area contributed by atoms with Crippen LogP contribution in [-0.2, 0) is 4.79 Å². The zero-order valence-electron chi connectivity index (χ0n) is 9.55. The Labute approximate surface area is 98.1 Å². The van der Waals surface area contributed by atoms with Crippen LogP contribution in [0.1, 0.15) is 0 Å². The van der Waals surface area contributed by atoms with Gasteiger partial charge in [-0.15, -0.1) is 0 Å². The Bertz CT molecular complexity index is 436. The highest BCUT2D eigenvalue weighted by atomic mass is 19.1.